The van der Waals surface area contributed by atoms with Gasteiger partial charge in [0.2, 0.25) is 0 Å². The van der Waals surface area contributed by atoms with E-state index >= 15 is 0 Å². The van der Waals surface area contributed by atoms with Gasteiger partial charge in [0, 0.05) is 23.5 Å². The normalized spacial score (nSPS) is 16.0. The zero-order valence-corrected chi connectivity index (χ0v) is 13.4. The Kier molecular flexibility index (Phi) is 3.81. The molecule has 1 unspecified atom stereocenters. The molecule has 0 saturated heterocycles. The van der Waals surface area contributed by atoms with E-state index in [-0.39, 0.29) is 0 Å². The highest BCUT2D eigenvalue weighted by Gasteiger charge is 2.23. The molecule has 0 bridgehead atoms. The van der Waals surface area contributed by atoms with E-state index in [4.69, 9.17) is 0 Å². The van der Waals surface area contributed by atoms with Gasteiger partial charge in [0.05, 0.1) is 0 Å². The van der Waals surface area contributed by atoms with Gasteiger partial charge in [-0.05, 0) is 68.9 Å². The molecular formula is C19H24N2. The number of nitrogens with zero attached hydrogens (tertiary/aromatic N) is 1. The van der Waals surface area contributed by atoms with Crippen LogP contribution >= 0.6 is 0 Å². The molecule has 1 aromatic heterocycles. The minimum absolute atomic E-state index is 0.345. The fraction of sp³-hybridized carbons (Fsp3) is 0.421. The maximum atomic E-state index is 4.63. The van der Waals surface area contributed by atoms with Crippen molar-refractivity contribution in [3.8, 4) is 0 Å². The van der Waals surface area contributed by atoms with Crippen LogP contribution in [0.2, 0.25) is 0 Å². The minimum atomic E-state index is 0.345. The number of fused-ring (bicyclic) bond motifs is 1. The summed E-state index contributed by atoms with van der Waals surface area (Å²) in [4.78, 5) is 4.63. The summed E-state index contributed by atoms with van der Waals surface area (Å²) in [5, 5.41) is 3.80. The fourth-order valence-electron chi connectivity index (χ4n) is 3.80. The Morgan fingerprint density at radius 1 is 1.10 bits per heavy atom. The molecule has 2 nitrogen and oxygen atoms in total. The van der Waals surface area contributed by atoms with Gasteiger partial charge in [-0.2, -0.15) is 0 Å². The molecule has 1 N–H and O–H groups in total. The van der Waals surface area contributed by atoms with E-state index in [1.807, 2.05) is 0 Å². The molecule has 0 fully saturated rings. The predicted molar refractivity (Wildman–Crippen MR) is 87.6 cm³/mol. The molecule has 1 aliphatic rings. The smallest absolute Gasteiger partial charge is 0.0426 e. The molecule has 21 heavy (non-hydrogen) atoms. The van der Waals surface area contributed by atoms with Crippen molar-refractivity contribution in [1.82, 2.24) is 10.3 Å². The van der Waals surface area contributed by atoms with Crippen molar-refractivity contribution < 1.29 is 0 Å². The van der Waals surface area contributed by atoms with E-state index in [1.54, 1.807) is 0 Å². The van der Waals surface area contributed by atoms with Gasteiger partial charge in [-0.25, -0.2) is 0 Å². The van der Waals surface area contributed by atoms with E-state index in [1.165, 1.54) is 22.3 Å². The van der Waals surface area contributed by atoms with Gasteiger partial charge in [-0.15, -0.1) is 0 Å². The first-order valence-corrected chi connectivity index (χ1v) is 7.82. The van der Waals surface area contributed by atoms with E-state index < -0.39 is 0 Å². The average Bonchev–Trinajstić information content (AvgIpc) is 2.79. The van der Waals surface area contributed by atoms with Gasteiger partial charge >= 0.3 is 0 Å². The summed E-state index contributed by atoms with van der Waals surface area (Å²) in [6.45, 7) is 8.64. The number of aromatic nitrogens is 1. The van der Waals surface area contributed by atoms with Gasteiger partial charge in [0.1, 0.15) is 0 Å². The Morgan fingerprint density at radius 2 is 1.71 bits per heavy atom. The second kappa shape index (κ2) is 5.61. The third kappa shape index (κ3) is 2.86. The Morgan fingerprint density at radius 3 is 2.29 bits per heavy atom. The highest BCUT2D eigenvalue weighted by atomic mass is 15.0. The van der Waals surface area contributed by atoms with E-state index in [0.717, 1.165) is 24.2 Å². The van der Waals surface area contributed by atoms with Crippen LogP contribution < -0.4 is 5.32 Å². The van der Waals surface area contributed by atoms with Crippen LogP contribution in [-0.2, 0) is 12.8 Å². The molecule has 110 valence electrons. The van der Waals surface area contributed by atoms with Crippen LogP contribution in [0.3, 0.4) is 0 Å². The SMILES string of the molecule is Cc1cc(C)c(C(C)NC2Cc3ccccc3C2)c(C)n1. The lowest BCUT2D eigenvalue weighted by Crippen LogP contribution is -2.32. The molecule has 0 spiro atoms. The highest BCUT2D eigenvalue weighted by Crippen LogP contribution is 2.26. The number of aryl methyl sites for hydroxylation is 3. The van der Waals surface area contributed by atoms with Gasteiger partial charge in [-0.1, -0.05) is 24.3 Å². The fourth-order valence-corrected chi connectivity index (χ4v) is 3.80. The molecule has 2 aromatic rings. The third-order valence-corrected chi connectivity index (χ3v) is 4.55. The summed E-state index contributed by atoms with van der Waals surface area (Å²) >= 11 is 0. The summed E-state index contributed by atoms with van der Waals surface area (Å²) < 4.78 is 0. The van der Waals surface area contributed by atoms with E-state index in [2.05, 4.69) is 68.3 Å². The number of hydrogen-bond donors (Lipinski definition) is 1. The first-order valence-electron chi connectivity index (χ1n) is 7.82. The van der Waals surface area contributed by atoms with Crippen LogP contribution in [0.1, 0.15) is 46.6 Å². The number of benzene rings is 1. The lowest BCUT2D eigenvalue weighted by atomic mass is 9.99. The predicted octanol–water partition coefficient (Wildman–Crippen LogP) is 3.82. The molecule has 1 aromatic carbocycles. The maximum absolute atomic E-state index is 4.63. The van der Waals surface area contributed by atoms with Crippen LogP contribution in [-0.4, -0.2) is 11.0 Å². The van der Waals surface area contributed by atoms with Crippen molar-refractivity contribution in [2.75, 3.05) is 0 Å². The second-order valence-corrected chi connectivity index (χ2v) is 6.34. The molecule has 2 heteroatoms. The third-order valence-electron chi connectivity index (χ3n) is 4.55. The maximum Gasteiger partial charge on any atom is 0.0426 e. The first-order chi connectivity index (χ1) is 10.0. The van der Waals surface area contributed by atoms with Crippen molar-refractivity contribution in [2.45, 2.75) is 52.6 Å². The van der Waals surface area contributed by atoms with Gasteiger partial charge in [0.25, 0.3) is 0 Å². The lowest BCUT2D eigenvalue weighted by molar-refractivity contribution is 0.464. The quantitative estimate of drug-likeness (QED) is 0.924. The topological polar surface area (TPSA) is 24.9 Å². The molecular weight excluding hydrogens is 256 g/mol. The standard InChI is InChI=1S/C19H24N2/c1-12-9-13(2)20-14(3)19(12)15(4)21-18-10-16-7-5-6-8-17(16)11-18/h5-9,15,18,21H,10-11H2,1-4H3. The monoisotopic (exact) mass is 280 g/mol. The van der Waals surface area contributed by atoms with E-state index in [0.29, 0.717) is 12.1 Å². The zero-order valence-electron chi connectivity index (χ0n) is 13.4. The van der Waals surface area contributed by atoms with Crippen molar-refractivity contribution in [3.63, 3.8) is 0 Å². The first kappa shape index (κ1) is 14.3. The number of pyridine rings is 1. The summed E-state index contributed by atoms with van der Waals surface area (Å²) in [6.07, 6.45) is 2.27. The second-order valence-electron chi connectivity index (χ2n) is 6.34. The molecule has 0 aliphatic heterocycles. The van der Waals surface area contributed by atoms with E-state index in [9.17, 15) is 0 Å². The molecule has 0 amide bonds. The van der Waals surface area contributed by atoms with Crippen LogP contribution in [0.5, 0.6) is 0 Å². The average molecular weight is 280 g/mol. The molecule has 0 saturated carbocycles. The Bertz CT molecular complexity index is 612. The van der Waals surface area contributed by atoms with Crippen LogP contribution in [0.25, 0.3) is 0 Å². The minimum Gasteiger partial charge on any atom is -0.307 e. The largest absolute Gasteiger partial charge is 0.307 e. The van der Waals surface area contributed by atoms with Crippen molar-refractivity contribution in [2.24, 2.45) is 0 Å². The lowest BCUT2D eigenvalue weighted by Gasteiger charge is -2.23. The van der Waals surface area contributed by atoms with Gasteiger partial charge < -0.3 is 5.32 Å². The van der Waals surface area contributed by atoms with Crippen molar-refractivity contribution in [3.05, 3.63) is 64.0 Å². The van der Waals surface area contributed by atoms with Gasteiger partial charge in [-0.3, -0.25) is 4.98 Å². The Hall–Kier alpha value is -1.67. The van der Waals surface area contributed by atoms with Crippen molar-refractivity contribution >= 4 is 0 Å². The number of hydrogen-bond acceptors (Lipinski definition) is 2. The molecule has 0 radical (unpaired) electrons. The van der Waals surface area contributed by atoms with Crippen molar-refractivity contribution in [1.29, 1.82) is 0 Å². The molecule has 1 aliphatic carbocycles. The van der Waals surface area contributed by atoms with Crippen LogP contribution in [0.4, 0.5) is 0 Å². The van der Waals surface area contributed by atoms with Gasteiger partial charge in [0.15, 0.2) is 0 Å². The summed E-state index contributed by atoms with van der Waals surface area (Å²) in [5.41, 5.74) is 7.96. The summed E-state index contributed by atoms with van der Waals surface area (Å²) in [7, 11) is 0. The molecule has 3 rings (SSSR count). The molecule has 1 heterocycles. The molecule has 1 atom stereocenters. The van der Waals surface area contributed by atoms with Crippen LogP contribution in [0.15, 0.2) is 30.3 Å². The number of nitrogens with one attached hydrogen (secondary N) is 1. The highest BCUT2D eigenvalue weighted by molar-refractivity contribution is 5.36. The Labute approximate surface area is 127 Å². The summed E-state index contributed by atoms with van der Waals surface area (Å²) in [6, 6.07) is 11.9. The Balaban J connectivity index is 1.75. The van der Waals surface area contributed by atoms with Crippen LogP contribution in [0, 0.1) is 20.8 Å². The zero-order chi connectivity index (χ0) is 15.0. The summed E-state index contributed by atoms with van der Waals surface area (Å²) in [5.74, 6) is 0. The number of rotatable bonds is 3.